The van der Waals surface area contributed by atoms with Gasteiger partial charge in [-0.25, -0.2) is 4.79 Å². The Kier molecular flexibility index (Phi) is 12.4. The lowest BCUT2D eigenvalue weighted by molar-refractivity contribution is -0.0115. The molecule has 2 heterocycles. The highest BCUT2D eigenvalue weighted by molar-refractivity contribution is 6.05. The Morgan fingerprint density at radius 3 is 2.56 bits per heavy atom. The number of ether oxygens (including phenoxy) is 2. The van der Waals surface area contributed by atoms with E-state index in [0.29, 0.717) is 23.6 Å². The summed E-state index contributed by atoms with van der Waals surface area (Å²) >= 11 is 0. The number of nitrogens with one attached hydrogen (secondary N) is 2. The molecular weight excluding hydrogens is 634 g/mol. The SMILES string of the molecule is C[C@@H]1CCCCO[C@H](CN(C)C(=O)Nc2cccc3ccccc23)[C@@H](C)CN([C@@H](C)CO)C(=O)c2cc(NC(=O)c3ccncc3)ccc2O1. The van der Waals surface area contributed by atoms with Crippen LogP contribution in [0.15, 0.2) is 85.2 Å². The maximum atomic E-state index is 14.4. The fourth-order valence-electron chi connectivity index (χ4n) is 6.07. The fraction of sp³-hybridized carbons (Fsp3) is 0.385. The summed E-state index contributed by atoms with van der Waals surface area (Å²) in [5.41, 5.74) is 1.86. The molecule has 0 unspecified atom stereocenters. The van der Waals surface area contributed by atoms with Gasteiger partial charge in [-0.2, -0.15) is 0 Å². The zero-order valence-corrected chi connectivity index (χ0v) is 29.2. The number of pyridine rings is 1. The summed E-state index contributed by atoms with van der Waals surface area (Å²) in [7, 11) is 1.73. The van der Waals surface area contributed by atoms with Gasteiger partial charge in [-0.1, -0.05) is 43.3 Å². The van der Waals surface area contributed by atoms with Gasteiger partial charge in [0, 0.05) is 61.7 Å². The monoisotopic (exact) mass is 681 g/mol. The maximum Gasteiger partial charge on any atom is 0.321 e. The second-order valence-electron chi connectivity index (χ2n) is 13.0. The largest absolute Gasteiger partial charge is 0.490 e. The topological polar surface area (TPSA) is 133 Å². The molecule has 5 rings (SSSR count). The number of aromatic nitrogens is 1. The Bertz CT molecular complexity index is 1760. The number of hydrogen-bond acceptors (Lipinski definition) is 7. The van der Waals surface area contributed by atoms with E-state index in [9.17, 15) is 19.5 Å². The Hall–Kier alpha value is -5.00. The molecule has 50 heavy (non-hydrogen) atoms. The van der Waals surface area contributed by atoms with Crippen LogP contribution >= 0.6 is 0 Å². The van der Waals surface area contributed by atoms with Gasteiger partial charge in [0.25, 0.3) is 11.8 Å². The van der Waals surface area contributed by atoms with E-state index in [4.69, 9.17) is 9.47 Å². The van der Waals surface area contributed by atoms with Crippen LogP contribution in [-0.4, -0.2) is 89.3 Å². The second-order valence-corrected chi connectivity index (χ2v) is 13.0. The lowest BCUT2D eigenvalue weighted by Crippen LogP contribution is -2.48. The third-order valence-electron chi connectivity index (χ3n) is 9.08. The molecule has 0 spiro atoms. The van der Waals surface area contributed by atoms with Crippen LogP contribution in [-0.2, 0) is 4.74 Å². The van der Waals surface area contributed by atoms with E-state index < -0.39 is 12.1 Å². The molecule has 11 nitrogen and oxygen atoms in total. The fourth-order valence-corrected chi connectivity index (χ4v) is 6.07. The van der Waals surface area contributed by atoms with E-state index >= 15 is 0 Å². The first kappa shape index (κ1) is 36.3. The first-order valence-corrected chi connectivity index (χ1v) is 17.2. The van der Waals surface area contributed by atoms with Crippen molar-refractivity contribution < 1.29 is 29.0 Å². The molecular formula is C39H47N5O6. The van der Waals surface area contributed by atoms with Gasteiger partial charge in [-0.05, 0) is 74.9 Å². The molecule has 4 amide bonds. The molecule has 1 aromatic heterocycles. The average molecular weight is 682 g/mol. The minimum absolute atomic E-state index is 0.191. The Morgan fingerprint density at radius 2 is 1.78 bits per heavy atom. The van der Waals surface area contributed by atoms with Gasteiger partial charge in [0.2, 0.25) is 0 Å². The molecule has 0 bridgehead atoms. The normalized spacial score (nSPS) is 19.4. The number of hydrogen-bond donors (Lipinski definition) is 3. The van der Waals surface area contributed by atoms with Crippen LogP contribution in [0.3, 0.4) is 0 Å². The van der Waals surface area contributed by atoms with E-state index in [-0.39, 0.29) is 55.1 Å². The second kappa shape index (κ2) is 17.1. The van der Waals surface area contributed by atoms with Gasteiger partial charge < -0.3 is 35.0 Å². The Labute approximate surface area is 293 Å². The molecule has 0 saturated carbocycles. The van der Waals surface area contributed by atoms with E-state index in [1.165, 1.54) is 0 Å². The summed E-state index contributed by atoms with van der Waals surface area (Å²) < 4.78 is 12.7. The molecule has 264 valence electrons. The van der Waals surface area contributed by atoms with Crippen molar-refractivity contribution >= 4 is 40.0 Å². The lowest BCUT2D eigenvalue weighted by Gasteiger charge is -2.35. The number of carbonyl (C=O) groups is 3. The number of anilines is 2. The minimum Gasteiger partial charge on any atom is -0.490 e. The quantitative estimate of drug-likeness (QED) is 0.204. The van der Waals surface area contributed by atoms with Crippen molar-refractivity contribution in [2.45, 2.75) is 58.3 Å². The highest BCUT2D eigenvalue weighted by Crippen LogP contribution is 2.29. The van der Waals surface area contributed by atoms with Crippen LogP contribution in [0.5, 0.6) is 5.75 Å². The lowest BCUT2D eigenvalue weighted by atomic mass is 10.0. The Balaban J connectivity index is 1.38. The molecule has 4 atom stereocenters. The minimum atomic E-state index is -0.536. The molecule has 1 aliphatic rings. The average Bonchev–Trinajstić information content (AvgIpc) is 3.13. The zero-order valence-electron chi connectivity index (χ0n) is 29.2. The third kappa shape index (κ3) is 9.16. The number of amides is 4. The summed E-state index contributed by atoms with van der Waals surface area (Å²) in [4.78, 5) is 48.0. The van der Waals surface area contributed by atoms with Crippen molar-refractivity contribution in [2.24, 2.45) is 5.92 Å². The predicted octanol–water partition coefficient (Wildman–Crippen LogP) is 6.45. The van der Waals surface area contributed by atoms with Gasteiger partial charge >= 0.3 is 6.03 Å². The first-order chi connectivity index (χ1) is 24.1. The molecule has 0 radical (unpaired) electrons. The molecule has 1 aliphatic heterocycles. The van der Waals surface area contributed by atoms with Crippen molar-refractivity contribution in [3.05, 3.63) is 96.3 Å². The van der Waals surface area contributed by atoms with E-state index in [0.717, 1.165) is 35.7 Å². The van der Waals surface area contributed by atoms with Crippen LogP contribution in [0.1, 0.15) is 60.7 Å². The number of carbonyl (C=O) groups excluding carboxylic acids is 3. The first-order valence-electron chi connectivity index (χ1n) is 17.2. The molecule has 0 saturated heterocycles. The molecule has 3 aromatic carbocycles. The number of benzene rings is 3. The van der Waals surface area contributed by atoms with Crippen LogP contribution in [0.25, 0.3) is 10.8 Å². The highest BCUT2D eigenvalue weighted by atomic mass is 16.5. The van der Waals surface area contributed by atoms with Crippen LogP contribution in [0.4, 0.5) is 16.2 Å². The van der Waals surface area contributed by atoms with Gasteiger partial charge in [-0.15, -0.1) is 0 Å². The van der Waals surface area contributed by atoms with E-state index in [1.807, 2.05) is 56.3 Å². The summed E-state index contributed by atoms with van der Waals surface area (Å²) in [6, 6.07) is 21.1. The highest BCUT2D eigenvalue weighted by Gasteiger charge is 2.31. The number of fused-ring (bicyclic) bond motifs is 2. The van der Waals surface area contributed by atoms with Gasteiger partial charge in [0.1, 0.15) is 5.75 Å². The van der Waals surface area contributed by atoms with Gasteiger partial charge in [-0.3, -0.25) is 14.6 Å². The maximum absolute atomic E-state index is 14.4. The van der Waals surface area contributed by atoms with Crippen LogP contribution < -0.4 is 15.4 Å². The summed E-state index contributed by atoms with van der Waals surface area (Å²) in [5.74, 6) is -0.500. The summed E-state index contributed by atoms with van der Waals surface area (Å²) in [6.45, 7) is 6.49. The van der Waals surface area contributed by atoms with Crippen molar-refractivity contribution in [1.29, 1.82) is 0 Å². The smallest absolute Gasteiger partial charge is 0.321 e. The number of rotatable bonds is 7. The van der Waals surface area contributed by atoms with Crippen molar-refractivity contribution in [1.82, 2.24) is 14.8 Å². The molecule has 4 aromatic rings. The van der Waals surface area contributed by atoms with Crippen molar-refractivity contribution in [2.75, 3.05) is 44.0 Å². The van der Waals surface area contributed by atoms with Gasteiger partial charge in [0.15, 0.2) is 0 Å². The van der Waals surface area contributed by atoms with Crippen LogP contribution in [0, 0.1) is 5.92 Å². The summed E-state index contributed by atoms with van der Waals surface area (Å²) in [6.07, 6.45) is 4.87. The van der Waals surface area contributed by atoms with Gasteiger partial charge in [0.05, 0.1) is 36.1 Å². The third-order valence-corrected chi connectivity index (χ3v) is 9.08. The van der Waals surface area contributed by atoms with Crippen LogP contribution in [0.2, 0.25) is 0 Å². The molecule has 0 aliphatic carbocycles. The molecule has 11 heteroatoms. The number of aliphatic hydroxyl groups is 1. The van der Waals surface area contributed by atoms with E-state index in [2.05, 4.69) is 15.6 Å². The molecule has 3 N–H and O–H groups in total. The van der Waals surface area contributed by atoms with Crippen molar-refractivity contribution in [3.8, 4) is 5.75 Å². The predicted molar refractivity (Wildman–Crippen MR) is 195 cm³/mol. The summed E-state index contributed by atoms with van der Waals surface area (Å²) in [5, 5.41) is 18.2. The zero-order chi connectivity index (χ0) is 35.6. The Morgan fingerprint density at radius 1 is 1.02 bits per heavy atom. The number of urea groups is 1. The van der Waals surface area contributed by atoms with Crippen molar-refractivity contribution in [3.63, 3.8) is 0 Å². The molecule has 0 fully saturated rings. The van der Waals surface area contributed by atoms with E-state index in [1.54, 1.807) is 66.5 Å². The number of nitrogens with zero attached hydrogens (tertiary/aromatic N) is 3. The number of likely N-dealkylation sites (N-methyl/N-ethyl adjacent to an activating group) is 1. The standard InChI is InChI=1S/C39H47N5O6/c1-26-23-44(27(2)25-45)38(47)33-22-31(41-37(46)30-17-19-40-20-18-30)15-16-35(33)50-28(3)10-7-8-21-49-36(26)24-43(4)39(48)42-34-14-9-12-29-11-5-6-13-32(29)34/h5-6,9,11-20,22,26-28,36,45H,7-8,10,21,23-25H2,1-4H3,(H,41,46)(H,42,48)/t26-,27-,28+,36+/m0/s1. The number of aliphatic hydroxyl groups excluding tert-OH is 1.